The van der Waals surface area contributed by atoms with Crippen LogP contribution in [0, 0.1) is 6.92 Å². The van der Waals surface area contributed by atoms with E-state index >= 15 is 0 Å². The summed E-state index contributed by atoms with van der Waals surface area (Å²) in [4.78, 5) is 4.14. The quantitative estimate of drug-likeness (QED) is 0.312. The first-order valence-electron chi connectivity index (χ1n) is 4.71. The average Bonchev–Trinajstić information content (AvgIpc) is 2.22. The summed E-state index contributed by atoms with van der Waals surface area (Å²) in [6.45, 7) is 4.58. The first kappa shape index (κ1) is 11.8. The highest BCUT2D eigenvalue weighted by Crippen LogP contribution is 2.19. The highest BCUT2D eigenvalue weighted by Gasteiger charge is 2.01. The van der Waals surface area contributed by atoms with E-state index in [0.29, 0.717) is 17.5 Å². The van der Waals surface area contributed by atoms with Crippen LogP contribution in [0.4, 0.5) is 5.69 Å². The first-order valence-corrected chi connectivity index (χ1v) is 5.09. The van der Waals surface area contributed by atoms with E-state index in [9.17, 15) is 0 Å². The molecule has 0 amide bonds. The minimum Gasteiger partial charge on any atom is -0.325 e. The van der Waals surface area contributed by atoms with Crippen LogP contribution < -0.4 is 16.6 Å². The highest BCUT2D eigenvalue weighted by molar-refractivity contribution is 6.31. The smallest absolute Gasteiger partial charge is 0.210 e. The topological polar surface area (TPSA) is 62.4 Å². The van der Waals surface area contributed by atoms with Crippen LogP contribution in [0.1, 0.15) is 12.5 Å². The number of hydrogen-bond donors (Lipinski definition) is 3. The Balaban J connectivity index is 2.87. The third kappa shape index (κ3) is 3.42. The Morgan fingerprint density at radius 1 is 1.53 bits per heavy atom. The molecule has 0 saturated heterocycles. The van der Waals surface area contributed by atoms with Crippen LogP contribution in [0.25, 0.3) is 0 Å². The molecule has 0 aromatic heterocycles. The van der Waals surface area contributed by atoms with Crippen molar-refractivity contribution in [3.05, 3.63) is 28.8 Å². The Bertz CT molecular complexity index is 362. The largest absolute Gasteiger partial charge is 0.325 e. The number of halogens is 1. The second-order valence-electron chi connectivity index (χ2n) is 3.05. The molecule has 0 radical (unpaired) electrons. The molecule has 0 unspecified atom stereocenters. The van der Waals surface area contributed by atoms with Crippen molar-refractivity contribution in [2.24, 2.45) is 10.8 Å². The molecule has 1 aromatic rings. The summed E-state index contributed by atoms with van der Waals surface area (Å²) in [5, 5.41) is 3.74. The zero-order valence-electron chi connectivity index (χ0n) is 8.84. The summed E-state index contributed by atoms with van der Waals surface area (Å²) in [6, 6.07) is 5.61. The third-order valence-electron chi connectivity index (χ3n) is 1.91. The van der Waals surface area contributed by atoms with E-state index in [1.54, 1.807) is 0 Å². The van der Waals surface area contributed by atoms with Gasteiger partial charge in [0.1, 0.15) is 0 Å². The fourth-order valence-electron chi connectivity index (χ4n) is 1.14. The molecule has 0 spiro atoms. The van der Waals surface area contributed by atoms with Gasteiger partial charge in [0.05, 0.1) is 0 Å². The number of hydrazine groups is 1. The number of aliphatic imine (C=N–C) groups is 1. The SMILES string of the molecule is CCN=C(NN)Nc1cc(Cl)ccc1C. The first-order chi connectivity index (χ1) is 7.17. The van der Waals surface area contributed by atoms with Crippen molar-refractivity contribution >= 4 is 23.2 Å². The van der Waals surface area contributed by atoms with E-state index in [1.807, 2.05) is 32.0 Å². The normalized spacial score (nSPS) is 11.3. The number of guanidine groups is 1. The minimum atomic E-state index is 0.530. The average molecular weight is 227 g/mol. The van der Waals surface area contributed by atoms with Gasteiger partial charge in [-0.05, 0) is 31.5 Å². The van der Waals surface area contributed by atoms with Gasteiger partial charge in [0.15, 0.2) is 0 Å². The van der Waals surface area contributed by atoms with Gasteiger partial charge in [-0.3, -0.25) is 10.4 Å². The van der Waals surface area contributed by atoms with E-state index in [4.69, 9.17) is 17.4 Å². The predicted octanol–water partition coefficient (Wildman–Crippen LogP) is 1.90. The summed E-state index contributed by atoms with van der Waals surface area (Å²) in [5.41, 5.74) is 4.47. The van der Waals surface area contributed by atoms with Gasteiger partial charge in [-0.1, -0.05) is 17.7 Å². The maximum absolute atomic E-state index is 5.89. The Morgan fingerprint density at radius 3 is 2.87 bits per heavy atom. The summed E-state index contributed by atoms with van der Waals surface area (Å²) in [6.07, 6.45) is 0. The maximum atomic E-state index is 5.89. The fraction of sp³-hybridized carbons (Fsp3) is 0.300. The van der Waals surface area contributed by atoms with E-state index < -0.39 is 0 Å². The molecular weight excluding hydrogens is 212 g/mol. The van der Waals surface area contributed by atoms with Crippen molar-refractivity contribution in [1.29, 1.82) is 0 Å². The van der Waals surface area contributed by atoms with Gasteiger partial charge in [0, 0.05) is 17.3 Å². The Kier molecular flexibility index (Phi) is 4.39. The molecule has 5 heteroatoms. The van der Waals surface area contributed by atoms with Gasteiger partial charge < -0.3 is 5.32 Å². The van der Waals surface area contributed by atoms with Crippen LogP contribution in [-0.2, 0) is 0 Å². The van der Waals surface area contributed by atoms with Crippen molar-refractivity contribution in [3.8, 4) is 0 Å². The lowest BCUT2D eigenvalue weighted by atomic mass is 10.2. The number of nitrogens with one attached hydrogen (secondary N) is 2. The molecule has 15 heavy (non-hydrogen) atoms. The molecule has 4 N–H and O–H groups in total. The van der Waals surface area contributed by atoms with Crippen molar-refractivity contribution in [2.75, 3.05) is 11.9 Å². The minimum absolute atomic E-state index is 0.530. The van der Waals surface area contributed by atoms with Crippen molar-refractivity contribution in [2.45, 2.75) is 13.8 Å². The number of rotatable bonds is 2. The van der Waals surface area contributed by atoms with Crippen LogP contribution in [0.2, 0.25) is 5.02 Å². The summed E-state index contributed by atoms with van der Waals surface area (Å²) >= 11 is 5.89. The second kappa shape index (κ2) is 5.58. The molecule has 1 aromatic carbocycles. The number of aryl methyl sites for hydroxylation is 1. The molecule has 4 nitrogen and oxygen atoms in total. The van der Waals surface area contributed by atoms with Crippen LogP contribution in [0.3, 0.4) is 0 Å². The van der Waals surface area contributed by atoms with Gasteiger partial charge >= 0.3 is 0 Å². The molecular formula is C10H15ClN4. The van der Waals surface area contributed by atoms with E-state index in [0.717, 1.165) is 11.3 Å². The Morgan fingerprint density at radius 2 is 2.27 bits per heavy atom. The molecule has 0 atom stereocenters. The highest BCUT2D eigenvalue weighted by atomic mass is 35.5. The molecule has 1 rings (SSSR count). The molecule has 0 heterocycles. The lowest BCUT2D eigenvalue weighted by Crippen LogP contribution is -2.36. The number of hydrogen-bond acceptors (Lipinski definition) is 2. The maximum Gasteiger partial charge on any atom is 0.210 e. The third-order valence-corrected chi connectivity index (χ3v) is 2.14. The van der Waals surface area contributed by atoms with E-state index in [2.05, 4.69) is 15.7 Å². The van der Waals surface area contributed by atoms with E-state index in [1.165, 1.54) is 0 Å². The van der Waals surface area contributed by atoms with E-state index in [-0.39, 0.29) is 0 Å². The number of anilines is 1. The van der Waals surface area contributed by atoms with Gasteiger partial charge in [-0.15, -0.1) is 0 Å². The molecule has 82 valence electrons. The summed E-state index contributed by atoms with van der Waals surface area (Å²) < 4.78 is 0. The molecule has 0 aliphatic heterocycles. The van der Waals surface area contributed by atoms with Gasteiger partial charge in [-0.25, -0.2) is 5.84 Å². The monoisotopic (exact) mass is 226 g/mol. The van der Waals surface area contributed by atoms with Crippen LogP contribution in [-0.4, -0.2) is 12.5 Å². The standard InChI is InChI=1S/C10H15ClN4/c1-3-13-10(15-12)14-9-6-8(11)5-4-7(9)2/h4-6H,3,12H2,1-2H3,(H2,13,14,15). The molecule has 0 aliphatic carbocycles. The van der Waals surface area contributed by atoms with Gasteiger partial charge in [-0.2, -0.15) is 0 Å². The lowest BCUT2D eigenvalue weighted by Gasteiger charge is -2.11. The molecule has 0 bridgehead atoms. The number of nitrogens with zero attached hydrogens (tertiary/aromatic N) is 1. The van der Waals surface area contributed by atoms with Gasteiger partial charge in [0.25, 0.3) is 0 Å². The fourth-order valence-corrected chi connectivity index (χ4v) is 1.31. The van der Waals surface area contributed by atoms with Crippen molar-refractivity contribution < 1.29 is 0 Å². The van der Waals surface area contributed by atoms with Crippen LogP contribution in [0.15, 0.2) is 23.2 Å². The second-order valence-corrected chi connectivity index (χ2v) is 3.49. The van der Waals surface area contributed by atoms with Crippen molar-refractivity contribution in [3.63, 3.8) is 0 Å². The van der Waals surface area contributed by atoms with Crippen LogP contribution >= 0.6 is 11.6 Å². The predicted molar refractivity (Wildman–Crippen MR) is 65.1 cm³/mol. The Hall–Kier alpha value is -1.26. The van der Waals surface area contributed by atoms with Crippen molar-refractivity contribution in [1.82, 2.24) is 5.43 Å². The Labute approximate surface area is 94.5 Å². The summed E-state index contributed by atoms with van der Waals surface area (Å²) in [5.74, 6) is 5.85. The molecule has 0 aliphatic rings. The number of nitrogens with two attached hydrogens (primary N) is 1. The summed E-state index contributed by atoms with van der Waals surface area (Å²) in [7, 11) is 0. The van der Waals surface area contributed by atoms with Gasteiger partial charge in [0.2, 0.25) is 5.96 Å². The lowest BCUT2D eigenvalue weighted by molar-refractivity contribution is 0.985. The molecule has 0 fully saturated rings. The number of benzene rings is 1. The molecule has 0 saturated carbocycles. The zero-order valence-corrected chi connectivity index (χ0v) is 9.60. The zero-order chi connectivity index (χ0) is 11.3. The van der Waals surface area contributed by atoms with Crippen LogP contribution in [0.5, 0.6) is 0 Å².